The van der Waals surface area contributed by atoms with Crippen LogP contribution >= 0.6 is 11.6 Å². The number of hydrogen-bond donors (Lipinski definition) is 3. The van der Waals surface area contributed by atoms with Crippen molar-refractivity contribution >= 4 is 40.7 Å². The highest BCUT2D eigenvalue weighted by molar-refractivity contribution is 6.30. The van der Waals surface area contributed by atoms with E-state index in [2.05, 4.69) is 16.0 Å². The third-order valence-corrected chi connectivity index (χ3v) is 4.19. The topological polar surface area (TPSA) is 87.3 Å². The fourth-order valence-electron chi connectivity index (χ4n) is 2.27. The Morgan fingerprint density at radius 1 is 0.926 bits per heavy atom. The average molecular weight is 388 g/mol. The van der Waals surface area contributed by atoms with Crippen LogP contribution in [0.15, 0.2) is 48.5 Å². The number of carbonyl (C=O) groups excluding carboxylic acids is 3. The van der Waals surface area contributed by atoms with Crippen LogP contribution in [0.3, 0.4) is 0 Å². The first kappa shape index (κ1) is 20.5. The van der Waals surface area contributed by atoms with Crippen LogP contribution in [0.25, 0.3) is 0 Å². The van der Waals surface area contributed by atoms with E-state index in [-0.39, 0.29) is 5.91 Å². The highest BCUT2D eigenvalue weighted by Gasteiger charge is 2.36. The Bertz CT molecular complexity index is 848. The quantitative estimate of drug-likeness (QED) is 0.662. The molecule has 6 nitrogen and oxygen atoms in total. The number of anilines is 2. The van der Waals surface area contributed by atoms with Gasteiger partial charge >= 0.3 is 0 Å². The van der Waals surface area contributed by atoms with Crippen LogP contribution < -0.4 is 16.0 Å². The summed E-state index contributed by atoms with van der Waals surface area (Å²) in [5.74, 6) is -1.05. The molecule has 0 unspecified atom stereocenters. The third kappa shape index (κ3) is 5.82. The number of carbonyl (C=O) groups is 3. The number of rotatable bonds is 6. The predicted molar refractivity (Wildman–Crippen MR) is 106 cm³/mol. The average Bonchev–Trinajstić information content (AvgIpc) is 2.60. The van der Waals surface area contributed by atoms with Crippen molar-refractivity contribution in [3.8, 4) is 0 Å². The zero-order valence-corrected chi connectivity index (χ0v) is 16.2. The minimum absolute atomic E-state index is 0.208. The summed E-state index contributed by atoms with van der Waals surface area (Å²) in [6, 6.07) is 13.8. The first-order valence-corrected chi connectivity index (χ1v) is 8.78. The van der Waals surface area contributed by atoms with Gasteiger partial charge in [-0.2, -0.15) is 0 Å². The van der Waals surface area contributed by atoms with Crippen LogP contribution in [0, 0.1) is 5.41 Å². The summed E-state index contributed by atoms with van der Waals surface area (Å²) >= 11 is 5.84. The molecule has 0 atom stereocenters. The van der Waals surface area contributed by atoms with Gasteiger partial charge < -0.3 is 16.0 Å². The van der Waals surface area contributed by atoms with Gasteiger partial charge in [0, 0.05) is 29.9 Å². The van der Waals surface area contributed by atoms with E-state index in [0.29, 0.717) is 22.9 Å². The molecule has 0 aromatic heterocycles. The van der Waals surface area contributed by atoms with Gasteiger partial charge in [0.2, 0.25) is 17.7 Å². The molecule has 2 rings (SSSR count). The number of hydrogen-bond acceptors (Lipinski definition) is 3. The lowest BCUT2D eigenvalue weighted by atomic mass is 9.90. The molecule has 27 heavy (non-hydrogen) atoms. The van der Waals surface area contributed by atoms with E-state index in [1.165, 1.54) is 6.92 Å². The monoisotopic (exact) mass is 387 g/mol. The summed E-state index contributed by atoms with van der Waals surface area (Å²) in [5.41, 5.74) is 0.651. The van der Waals surface area contributed by atoms with Crippen LogP contribution in [0.1, 0.15) is 26.3 Å². The Morgan fingerprint density at radius 3 is 2.11 bits per heavy atom. The second-order valence-electron chi connectivity index (χ2n) is 6.65. The molecular weight excluding hydrogens is 366 g/mol. The summed E-state index contributed by atoms with van der Waals surface area (Å²) in [7, 11) is 0. The normalized spacial score (nSPS) is 10.8. The zero-order chi connectivity index (χ0) is 20.0. The molecule has 0 saturated heterocycles. The molecule has 0 aliphatic rings. The Hall–Kier alpha value is -2.86. The van der Waals surface area contributed by atoms with Gasteiger partial charge in [-0.05, 0) is 49.7 Å². The van der Waals surface area contributed by atoms with Crippen LogP contribution in [0.4, 0.5) is 11.4 Å². The summed E-state index contributed by atoms with van der Waals surface area (Å²) in [4.78, 5) is 36.2. The van der Waals surface area contributed by atoms with Crippen LogP contribution in [0.5, 0.6) is 0 Å². The number of nitrogens with one attached hydrogen (secondary N) is 3. The standard InChI is InChI=1S/C20H22ClN3O3/c1-13(25)23-16-5-4-6-17(11-16)24-19(27)20(2,3)18(26)22-12-14-7-9-15(21)10-8-14/h4-11H,12H2,1-3H3,(H,22,26)(H,23,25)(H,24,27). The molecule has 0 fully saturated rings. The molecule has 2 aromatic carbocycles. The van der Waals surface area contributed by atoms with E-state index in [9.17, 15) is 14.4 Å². The third-order valence-electron chi connectivity index (χ3n) is 3.94. The molecule has 0 bridgehead atoms. The van der Waals surface area contributed by atoms with Gasteiger partial charge in [-0.1, -0.05) is 29.8 Å². The van der Waals surface area contributed by atoms with E-state index in [0.717, 1.165) is 5.56 Å². The van der Waals surface area contributed by atoms with Gasteiger partial charge in [0.1, 0.15) is 5.41 Å². The molecule has 7 heteroatoms. The summed E-state index contributed by atoms with van der Waals surface area (Å²) in [5, 5.41) is 8.74. The van der Waals surface area contributed by atoms with Crippen molar-refractivity contribution < 1.29 is 14.4 Å². The van der Waals surface area contributed by atoms with Gasteiger partial charge in [0.25, 0.3) is 0 Å². The van der Waals surface area contributed by atoms with E-state index in [4.69, 9.17) is 11.6 Å². The van der Waals surface area contributed by atoms with Crippen molar-refractivity contribution in [2.75, 3.05) is 10.6 Å². The van der Waals surface area contributed by atoms with E-state index >= 15 is 0 Å². The second kappa shape index (κ2) is 8.68. The van der Waals surface area contributed by atoms with Crippen LogP contribution in [0.2, 0.25) is 5.02 Å². The molecule has 0 saturated carbocycles. The van der Waals surface area contributed by atoms with Gasteiger partial charge in [0.15, 0.2) is 0 Å². The lowest BCUT2D eigenvalue weighted by Crippen LogP contribution is -2.44. The molecular formula is C20H22ClN3O3. The second-order valence-corrected chi connectivity index (χ2v) is 7.09. The number of benzene rings is 2. The molecule has 3 N–H and O–H groups in total. The Morgan fingerprint density at radius 2 is 1.52 bits per heavy atom. The number of amides is 3. The van der Waals surface area contributed by atoms with Crippen molar-refractivity contribution in [1.29, 1.82) is 0 Å². The fourth-order valence-corrected chi connectivity index (χ4v) is 2.40. The zero-order valence-electron chi connectivity index (χ0n) is 15.4. The first-order chi connectivity index (χ1) is 12.7. The number of halogens is 1. The lowest BCUT2D eigenvalue weighted by molar-refractivity contribution is -0.138. The fraction of sp³-hybridized carbons (Fsp3) is 0.250. The Kier molecular flexibility index (Phi) is 6.58. The molecule has 0 radical (unpaired) electrons. The van der Waals surface area contributed by atoms with Gasteiger partial charge in [-0.3, -0.25) is 14.4 Å². The maximum absolute atomic E-state index is 12.6. The minimum Gasteiger partial charge on any atom is -0.351 e. The smallest absolute Gasteiger partial charge is 0.239 e. The Labute approximate surface area is 163 Å². The van der Waals surface area contributed by atoms with Crippen molar-refractivity contribution in [1.82, 2.24) is 5.32 Å². The van der Waals surface area contributed by atoms with Crippen molar-refractivity contribution in [3.63, 3.8) is 0 Å². The molecule has 0 aliphatic heterocycles. The highest BCUT2D eigenvalue weighted by atomic mass is 35.5. The molecule has 0 aliphatic carbocycles. The predicted octanol–water partition coefficient (Wildman–Crippen LogP) is 3.58. The van der Waals surface area contributed by atoms with Crippen molar-refractivity contribution in [2.24, 2.45) is 5.41 Å². The first-order valence-electron chi connectivity index (χ1n) is 8.40. The maximum Gasteiger partial charge on any atom is 0.239 e. The van der Waals surface area contributed by atoms with E-state index in [1.54, 1.807) is 50.2 Å². The van der Waals surface area contributed by atoms with Crippen LogP contribution in [-0.2, 0) is 20.9 Å². The maximum atomic E-state index is 12.6. The van der Waals surface area contributed by atoms with Crippen molar-refractivity contribution in [3.05, 3.63) is 59.1 Å². The van der Waals surface area contributed by atoms with Crippen molar-refractivity contribution in [2.45, 2.75) is 27.3 Å². The Balaban J connectivity index is 1.99. The van der Waals surface area contributed by atoms with E-state index in [1.807, 2.05) is 12.1 Å². The van der Waals surface area contributed by atoms with Gasteiger partial charge in [-0.25, -0.2) is 0 Å². The highest BCUT2D eigenvalue weighted by Crippen LogP contribution is 2.21. The minimum atomic E-state index is -1.28. The van der Waals surface area contributed by atoms with Gasteiger partial charge in [0.05, 0.1) is 0 Å². The molecule has 0 heterocycles. The van der Waals surface area contributed by atoms with Crippen LogP contribution in [-0.4, -0.2) is 17.7 Å². The summed E-state index contributed by atoms with van der Waals surface area (Å²) in [6.07, 6.45) is 0. The van der Waals surface area contributed by atoms with E-state index < -0.39 is 17.2 Å². The molecule has 142 valence electrons. The molecule has 3 amide bonds. The summed E-state index contributed by atoms with van der Waals surface area (Å²) < 4.78 is 0. The lowest BCUT2D eigenvalue weighted by Gasteiger charge is -2.23. The molecule has 0 spiro atoms. The largest absolute Gasteiger partial charge is 0.351 e. The van der Waals surface area contributed by atoms with Gasteiger partial charge in [-0.15, -0.1) is 0 Å². The SMILES string of the molecule is CC(=O)Nc1cccc(NC(=O)C(C)(C)C(=O)NCc2ccc(Cl)cc2)c1. The molecule has 2 aromatic rings. The summed E-state index contributed by atoms with van der Waals surface area (Å²) in [6.45, 7) is 4.80.